The molecule has 2 aromatic rings. The molecular formula is C19H17Cl2F4NO3. The van der Waals surface area contributed by atoms with Crippen molar-refractivity contribution in [1.29, 1.82) is 0 Å². The monoisotopic (exact) mass is 453 g/mol. The number of hydrogen-bond donors (Lipinski definition) is 3. The molecule has 0 aromatic heterocycles. The summed E-state index contributed by atoms with van der Waals surface area (Å²) in [5, 5.41) is 22.4. The van der Waals surface area contributed by atoms with Gasteiger partial charge in [-0.25, -0.2) is 4.39 Å². The van der Waals surface area contributed by atoms with Gasteiger partial charge in [0.15, 0.2) is 0 Å². The van der Waals surface area contributed by atoms with Crippen LogP contribution in [0, 0.1) is 5.82 Å². The Labute approximate surface area is 174 Å². The summed E-state index contributed by atoms with van der Waals surface area (Å²) in [6.07, 6.45) is -6.57. The van der Waals surface area contributed by atoms with E-state index in [0.717, 1.165) is 30.3 Å². The van der Waals surface area contributed by atoms with Crippen LogP contribution in [0.15, 0.2) is 36.4 Å². The quantitative estimate of drug-likeness (QED) is 0.528. The van der Waals surface area contributed by atoms with E-state index in [1.54, 1.807) is 0 Å². The van der Waals surface area contributed by atoms with Crippen molar-refractivity contribution in [1.82, 2.24) is 0 Å². The molecule has 1 atom stereocenters. The van der Waals surface area contributed by atoms with Crippen molar-refractivity contribution in [3.8, 4) is 5.75 Å². The average molecular weight is 454 g/mol. The summed E-state index contributed by atoms with van der Waals surface area (Å²) >= 11 is 11.5. The third-order valence-electron chi connectivity index (χ3n) is 4.35. The highest BCUT2D eigenvalue weighted by atomic mass is 35.5. The van der Waals surface area contributed by atoms with Crippen molar-refractivity contribution in [3.63, 3.8) is 0 Å². The van der Waals surface area contributed by atoms with Gasteiger partial charge in [0.05, 0.1) is 0 Å². The summed E-state index contributed by atoms with van der Waals surface area (Å²) in [6.45, 7) is 2.48. The predicted molar refractivity (Wildman–Crippen MR) is 102 cm³/mol. The molecule has 0 bridgehead atoms. The number of halogens is 6. The van der Waals surface area contributed by atoms with Gasteiger partial charge in [0.2, 0.25) is 5.60 Å². The zero-order valence-electron chi connectivity index (χ0n) is 15.2. The normalized spacial score (nSPS) is 14.4. The minimum absolute atomic E-state index is 0.0633. The molecule has 0 aliphatic carbocycles. The number of alkyl halides is 3. The summed E-state index contributed by atoms with van der Waals surface area (Å²) in [5.74, 6) is -3.03. The van der Waals surface area contributed by atoms with Crippen molar-refractivity contribution in [2.45, 2.75) is 37.5 Å². The van der Waals surface area contributed by atoms with E-state index in [4.69, 9.17) is 23.2 Å². The van der Waals surface area contributed by atoms with Crippen molar-refractivity contribution < 1.29 is 32.6 Å². The molecule has 2 rings (SSSR count). The average Bonchev–Trinajstić information content (AvgIpc) is 2.54. The van der Waals surface area contributed by atoms with E-state index in [1.165, 1.54) is 19.9 Å². The van der Waals surface area contributed by atoms with Crippen LogP contribution in [-0.4, -0.2) is 27.9 Å². The maximum atomic E-state index is 13.7. The van der Waals surface area contributed by atoms with Gasteiger partial charge < -0.3 is 15.5 Å². The van der Waals surface area contributed by atoms with E-state index in [9.17, 15) is 32.6 Å². The van der Waals surface area contributed by atoms with Crippen LogP contribution in [-0.2, 0) is 10.2 Å². The number of anilines is 1. The highest BCUT2D eigenvalue weighted by Crippen LogP contribution is 2.44. The lowest BCUT2D eigenvalue weighted by Gasteiger charge is -2.37. The Hall–Kier alpha value is -2.03. The van der Waals surface area contributed by atoms with Crippen LogP contribution in [0.2, 0.25) is 10.0 Å². The molecule has 29 heavy (non-hydrogen) atoms. The van der Waals surface area contributed by atoms with Gasteiger partial charge in [-0.1, -0.05) is 37.0 Å². The minimum Gasteiger partial charge on any atom is -0.508 e. The number of phenols is 1. The molecule has 0 saturated carbocycles. The van der Waals surface area contributed by atoms with Crippen LogP contribution in [0.5, 0.6) is 5.75 Å². The summed E-state index contributed by atoms with van der Waals surface area (Å²) in [7, 11) is 0. The Morgan fingerprint density at radius 3 is 2.14 bits per heavy atom. The van der Waals surface area contributed by atoms with Gasteiger partial charge >= 0.3 is 6.18 Å². The molecule has 2 aromatic carbocycles. The highest BCUT2D eigenvalue weighted by Gasteiger charge is 2.61. The number of aromatic hydroxyl groups is 1. The second kappa shape index (κ2) is 8.01. The Balaban J connectivity index is 2.43. The SMILES string of the molecule is CC(C)(CC(O)(C(=O)Nc1cc(Cl)cc(Cl)c1)C(F)(F)F)c1cc(F)ccc1O. The van der Waals surface area contributed by atoms with Crippen LogP contribution in [0.25, 0.3) is 0 Å². The lowest BCUT2D eigenvalue weighted by molar-refractivity contribution is -0.254. The molecule has 1 amide bonds. The topological polar surface area (TPSA) is 69.6 Å². The van der Waals surface area contributed by atoms with E-state index in [0.29, 0.717) is 0 Å². The summed E-state index contributed by atoms with van der Waals surface area (Å²) in [4.78, 5) is 12.5. The first-order valence-electron chi connectivity index (χ1n) is 8.21. The first-order chi connectivity index (χ1) is 13.2. The van der Waals surface area contributed by atoms with Gasteiger partial charge in [0, 0.05) is 27.7 Å². The third-order valence-corrected chi connectivity index (χ3v) is 4.79. The van der Waals surface area contributed by atoms with Gasteiger partial charge in [-0.15, -0.1) is 0 Å². The number of aliphatic hydroxyl groups is 1. The van der Waals surface area contributed by atoms with Crippen LogP contribution in [0.1, 0.15) is 25.8 Å². The number of amides is 1. The maximum Gasteiger partial charge on any atom is 0.426 e. The molecule has 0 fully saturated rings. The first-order valence-corrected chi connectivity index (χ1v) is 8.97. The van der Waals surface area contributed by atoms with Gasteiger partial charge in [-0.05, 0) is 41.8 Å². The van der Waals surface area contributed by atoms with Gasteiger partial charge in [0.1, 0.15) is 11.6 Å². The Bertz CT molecular complexity index is 914. The number of rotatable bonds is 5. The van der Waals surface area contributed by atoms with Crippen LogP contribution in [0.3, 0.4) is 0 Å². The van der Waals surface area contributed by atoms with Crippen LogP contribution >= 0.6 is 23.2 Å². The maximum absolute atomic E-state index is 13.7. The van der Waals surface area contributed by atoms with E-state index in [2.05, 4.69) is 0 Å². The fourth-order valence-corrected chi connectivity index (χ4v) is 3.48. The summed E-state index contributed by atoms with van der Waals surface area (Å²) in [6, 6.07) is 6.39. The molecule has 0 heterocycles. The Morgan fingerprint density at radius 1 is 1.07 bits per heavy atom. The number of hydrogen-bond acceptors (Lipinski definition) is 3. The minimum atomic E-state index is -5.38. The van der Waals surface area contributed by atoms with Gasteiger partial charge in [-0.2, -0.15) is 13.2 Å². The summed E-state index contributed by atoms with van der Waals surface area (Å²) in [5.41, 5.74) is -5.84. The van der Waals surface area contributed by atoms with Crippen LogP contribution in [0.4, 0.5) is 23.2 Å². The van der Waals surface area contributed by atoms with Crippen molar-refractivity contribution in [2.75, 3.05) is 5.32 Å². The summed E-state index contributed by atoms with van der Waals surface area (Å²) < 4.78 is 54.8. The molecule has 10 heteroatoms. The Morgan fingerprint density at radius 2 is 1.62 bits per heavy atom. The molecule has 0 spiro atoms. The van der Waals surface area contributed by atoms with Gasteiger partial charge in [0.25, 0.3) is 5.91 Å². The number of carbonyl (C=O) groups is 1. The number of carbonyl (C=O) groups excluding carboxylic acids is 1. The zero-order valence-corrected chi connectivity index (χ0v) is 16.8. The number of benzene rings is 2. The molecule has 0 aliphatic heterocycles. The lowest BCUT2D eigenvalue weighted by atomic mass is 9.74. The second-order valence-electron chi connectivity index (χ2n) is 7.19. The zero-order chi connectivity index (χ0) is 22.2. The molecule has 0 radical (unpaired) electrons. The van der Waals surface area contributed by atoms with E-state index in [-0.39, 0.29) is 21.3 Å². The standard InChI is InChI=1S/C19H17Cl2F4NO3/c1-17(2,14-8-12(22)3-4-15(14)27)9-18(29,19(23,24)25)16(28)26-13-6-10(20)5-11(21)7-13/h3-8,27,29H,9H2,1-2H3,(H,26,28). The molecule has 158 valence electrons. The molecule has 0 saturated heterocycles. The van der Waals surface area contributed by atoms with Gasteiger partial charge in [-0.3, -0.25) is 4.79 Å². The molecular weight excluding hydrogens is 437 g/mol. The number of nitrogens with one attached hydrogen (secondary N) is 1. The van der Waals surface area contributed by atoms with Crippen molar-refractivity contribution in [3.05, 3.63) is 57.8 Å². The van der Waals surface area contributed by atoms with Crippen molar-refractivity contribution in [2.24, 2.45) is 0 Å². The fraction of sp³-hybridized carbons (Fsp3) is 0.316. The molecule has 1 unspecified atom stereocenters. The largest absolute Gasteiger partial charge is 0.508 e. The molecule has 0 aliphatic rings. The Kier molecular flexibility index (Phi) is 6.42. The highest BCUT2D eigenvalue weighted by molar-refractivity contribution is 6.35. The van der Waals surface area contributed by atoms with E-state index in [1.807, 2.05) is 5.32 Å². The molecule has 3 N–H and O–H groups in total. The fourth-order valence-electron chi connectivity index (χ4n) is 2.95. The third kappa shape index (κ3) is 5.12. The predicted octanol–water partition coefficient (Wildman–Crippen LogP) is 5.44. The van der Waals surface area contributed by atoms with Crippen molar-refractivity contribution >= 4 is 34.8 Å². The molecule has 4 nitrogen and oxygen atoms in total. The first kappa shape index (κ1) is 23.3. The van der Waals surface area contributed by atoms with E-state index < -0.39 is 41.1 Å². The lowest BCUT2D eigenvalue weighted by Crippen LogP contribution is -2.57. The smallest absolute Gasteiger partial charge is 0.426 e. The van der Waals surface area contributed by atoms with Crippen LogP contribution < -0.4 is 5.32 Å². The second-order valence-corrected chi connectivity index (χ2v) is 8.07. The van der Waals surface area contributed by atoms with E-state index >= 15 is 0 Å². The number of phenolic OH excluding ortho intramolecular Hbond substituents is 1.